The van der Waals surface area contributed by atoms with Gasteiger partial charge in [0.15, 0.2) is 0 Å². The van der Waals surface area contributed by atoms with Crippen molar-refractivity contribution < 1.29 is 9.59 Å². The van der Waals surface area contributed by atoms with Crippen molar-refractivity contribution in [2.24, 2.45) is 0 Å². The van der Waals surface area contributed by atoms with Gasteiger partial charge in [0.25, 0.3) is 5.91 Å². The molecule has 0 bridgehead atoms. The number of hydrogen-bond acceptors (Lipinski definition) is 6. The molecule has 1 aromatic rings. The van der Waals surface area contributed by atoms with Crippen LogP contribution < -0.4 is 5.32 Å². The lowest BCUT2D eigenvalue weighted by molar-refractivity contribution is -0.136. The van der Waals surface area contributed by atoms with Gasteiger partial charge in [-0.05, 0) is 0 Å². The molecule has 1 aliphatic heterocycles. The van der Waals surface area contributed by atoms with Crippen molar-refractivity contribution in [2.75, 3.05) is 12.4 Å². The molecule has 0 aliphatic carbocycles. The molecule has 1 N–H and O–H groups in total. The third-order valence-electron chi connectivity index (χ3n) is 2.04. The number of likely N-dealkylation sites (N-methyl/N-ethyl adjacent to an activating group) is 1. The molecule has 7 heteroatoms. The molecule has 1 aliphatic rings. The number of carbonyl (C=O) groups excluding carboxylic acids is 2. The van der Waals surface area contributed by atoms with Crippen molar-refractivity contribution in [1.29, 1.82) is 0 Å². The number of anilines is 1. The molecule has 2 amide bonds. The van der Waals surface area contributed by atoms with Gasteiger partial charge in [-0.15, -0.1) is 10.2 Å². The molecular formula is C7H8N4O2S. The zero-order valence-electron chi connectivity index (χ0n) is 7.43. The van der Waals surface area contributed by atoms with Crippen LogP contribution in [0.3, 0.4) is 0 Å². The van der Waals surface area contributed by atoms with E-state index < -0.39 is 6.04 Å². The first-order valence-electron chi connectivity index (χ1n) is 4.01. The quantitative estimate of drug-likeness (QED) is 0.682. The van der Waals surface area contributed by atoms with E-state index in [9.17, 15) is 9.59 Å². The molecule has 14 heavy (non-hydrogen) atoms. The number of hydrogen-bond donors (Lipinski definition) is 1. The lowest BCUT2D eigenvalue weighted by atomic mass is 10.2. The van der Waals surface area contributed by atoms with Gasteiger partial charge in [0.1, 0.15) is 11.6 Å². The Morgan fingerprint density at radius 3 is 2.93 bits per heavy atom. The maximum Gasteiger partial charge on any atom is 0.251 e. The molecule has 2 heterocycles. The van der Waals surface area contributed by atoms with E-state index >= 15 is 0 Å². The fraction of sp³-hybridized carbons (Fsp3) is 0.429. The third-order valence-corrected chi connectivity index (χ3v) is 2.66. The van der Waals surface area contributed by atoms with Gasteiger partial charge in [-0.2, -0.15) is 0 Å². The standard InChI is InChI=1S/C7H8N4O2S/c1-11-5(12)2-4(6(11)13)9-7-10-8-3-14-7/h3-4H,2H2,1H3,(H,9,10). The fourth-order valence-electron chi connectivity index (χ4n) is 1.25. The zero-order chi connectivity index (χ0) is 10.1. The van der Waals surface area contributed by atoms with Gasteiger partial charge < -0.3 is 5.32 Å². The van der Waals surface area contributed by atoms with Gasteiger partial charge >= 0.3 is 0 Å². The highest BCUT2D eigenvalue weighted by Gasteiger charge is 2.36. The monoisotopic (exact) mass is 212 g/mol. The summed E-state index contributed by atoms with van der Waals surface area (Å²) >= 11 is 1.30. The number of rotatable bonds is 2. The van der Waals surface area contributed by atoms with Gasteiger partial charge in [0, 0.05) is 7.05 Å². The number of aromatic nitrogens is 2. The molecule has 0 spiro atoms. The molecule has 1 unspecified atom stereocenters. The van der Waals surface area contributed by atoms with E-state index in [1.54, 1.807) is 5.51 Å². The first-order chi connectivity index (χ1) is 6.68. The summed E-state index contributed by atoms with van der Waals surface area (Å²) in [4.78, 5) is 23.7. The molecule has 2 rings (SSSR count). The molecule has 0 radical (unpaired) electrons. The number of nitrogens with zero attached hydrogens (tertiary/aromatic N) is 3. The van der Waals surface area contributed by atoms with E-state index in [4.69, 9.17) is 0 Å². The van der Waals surface area contributed by atoms with Crippen LogP contribution in [0.25, 0.3) is 0 Å². The van der Waals surface area contributed by atoms with Crippen molar-refractivity contribution in [2.45, 2.75) is 12.5 Å². The summed E-state index contributed by atoms with van der Waals surface area (Å²) < 4.78 is 0. The number of likely N-dealkylation sites (tertiary alicyclic amines) is 1. The van der Waals surface area contributed by atoms with E-state index in [1.165, 1.54) is 18.4 Å². The summed E-state index contributed by atoms with van der Waals surface area (Å²) in [6.07, 6.45) is 0.189. The van der Waals surface area contributed by atoms with Crippen molar-refractivity contribution >= 4 is 28.3 Å². The summed E-state index contributed by atoms with van der Waals surface area (Å²) in [5.74, 6) is -0.387. The molecule has 0 aromatic carbocycles. The molecule has 1 saturated heterocycles. The van der Waals surface area contributed by atoms with Crippen LogP contribution >= 0.6 is 11.3 Å². The van der Waals surface area contributed by atoms with Crippen molar-refractivity contribution in [1.82, 2.24) is 15.1 Å². The predicted octanol–water partition coefficient (Wildman–Crippen LogP) is -0.293. The van der Waals surface area contributed by atoms with Crippen LogP contribution in [-0.4, -0.2) is 40.0 Å². The second kappa shape index (κ2) is 3.33. The minimum Gasteiger partial charge on any atom is -0.348 e. The van der Waals surface area contributed by atoms with Crippen LogP contribution in [0.4, 0.5) is 5.13 Å². The van der Waals surface area contributed by atoms with Gasteiger partial charge in [-0.1, -0.05) is 11.3 Å². The molecule has 1 fully saturated rings. The summed E-state index contributed by atoms with van der Waals surface area (Å²) in [6.45, 7) is 0. The van der Waals surface area contributed by atoms with Crippen molar-refractivity contribution in [3.63, 3.8) is 0 Å². The lowest BCUT2D eigenvalue weighted by Crippen LogP contribution is -2.31. The number of imide groups is 1. The SMILES string of the molecule is CN1C(=O)CC(Nc2nncs2)C1=O. The highest BCUT2D eigenvalue weighted by molar-refractivity contribution is 7.13. The molecule has 6 nitrogen and oxygen atoms in total. The van der Waals surface area contributed by atoms with Crippen LogP contribution in [0, 0.1) is 0 Å². The van der Waals surface area contributed by atoms with Crippen LogP contribution in [0.5, 0.6) is 0 Å². The summed E-state index contributed by atoms with van der Waals surface area (Å²) in [7, 11) is 1.48. The fourth-order valence-corrected chi connectivity index (χ4v) is 1.75. The number of carbonyl (C=O) groups is 2. The van der Waals surface area contributed by atoms with Gasteiger partial charge in [-0.3, -0.25) is 14.5 Å². The Kier molecular flexibility index (Phi) is 2.16. The number of nitrogens with one attached hydrogen (secondary N) is 1. The average molecular weight is 212 g/mol. The smallest absolute Gasteiger partial charge is 0.251 e. The first-order valence-corrected chi connectivity index (χ1v) is 4.89. The van der Waals surface area contributed by atoms with E-state index in [2.05, 4.69) is 15.5 Å². The van der Waals surface area contributed by atoms with Crippen LogP contribution in [-0.2, 0) is 9.59 Å². The van der Waals surface area contributed by atoms with Gasteiger partial charge in [-0.25, -0.2) is 0 Å². The highest BCUT2D eigenvalue weighted by Crippen LogP contribution is 2.17. The minimum absolute atomic E-state index is 0.169. The van der Waals surface area contributed by atoms with Crippen LogP contribution in [0.1, 0.15) is 6.42 Å². The maximum absolute atomic E-state index is 11.4. The topological polar surface area (TPSA) is 75.2 Å². The van der Waals surface area contributed by atoms with Crippen molar-refractivity contribution in [3.8, 4) is 0 Å². The Bertz CT molecular complexity index is 364. The highest BCUT2D eigenvalue weighted by atomic mass is 32.1. The number of amides is 2. The van der Waals surface area contributed by atoms with Crippen LogP contribution in [0.2, 0.25) is 0 Å². The Labute approximate surface area is 83.9 Å². The Hall–Kier alpha value is -1.50. The summed E-state index contributed by atoms with van der Waals surface area (Å²) in [5, 5.41) is 10.8. The Morgan fingerprint density at radius 2 is 2.43 bits per heavy atom. The van der Waals surface area contributed by atoms with E-state index in [0.717, 1.165) is 4.90 Å². The minimum atomic E-state index is -0.486. The third kappa shape index (κ3) is 1.46. The second-order valence-corrected chi connectivity index (χ2v) is 3.77. The maximum atomic E-state index is 11.4. The molecule has 74 valence electrons. The average Bonchev–Trinajstić information content (AvgIpc) is 2.73. The van der Waals surface area contributed by atoms with Gasteiger partial charge in [0.2, 0.25) is 11.0 Å². The summed E-state index contributed by atoms with van der Waals surface area (Å²) in [5.41, 5.74) is 1.56. The van der Waals surface area contributed by atoms with Gasteiger partial charge in [0.05, 0.1) is 6.42 Å². The normalized spacial score (nSPS) is 21.8. The zero-order valence-corrected chi connectivity index (χ0v) is 8.24. The lowest BCUT2D eigenvalue weighted by Gasteiger charge is -2.08. The molecule has 0 saturated carbocycles. The van der Waals surface area contributed by atoms with Crippen LogP contribution in [0.15, 0.2) is 5.51 Å². The van der Waals surface area contributed by atoms with E-state index in [-0.39, 0.29) is 18.2 Å². The van der Waals surface area contributed by atoms with E-state index in [1.807, 2.05) is 0 Å². The Morgan fingerprint density at radius 1 is 1.64 bits per heavy atom. The molecular weight excluding hydrogens is 204 g/mol. The first kappa shape index (κ1) is 9.07. The summed E-state index contributed by atoms with van der Waals surface area (Å²) in [6, 6.07) is -0.486. The largest absolute Gasteiger partial charge is 0.348 e. The Balaban J connectivity index is 2.07. The van der Waals surface area contributed by atoms with E-state index in [0.29, 0.717) is 5.13 Å². The molecule has 1 aromatic heterocycles. The second-order valence-electron chi connectivity index (χ2n) is 2.94. The predicted molar refractivity (Wildman–Crippen MR) is 49.7 cm³/mol. The van der Waals surface area contributed by atoms with Crippen molar-refractivity contribution in [3.05, 3.63) is 5.51 Å². The molecule has 1 atom stereocenters.